The van der Waals surface area contributed by atoms with Crippen LogP contribution in [0.3, 0.4) is 0 Å². The lowest BCUT2D eigenvalue weighted by molar-refractivity contribution is -0.123. The number of fused-ring (bicyclic) bond motifs is 1. The molecular weight excluding hydrogens is 552 g/mol. The maximum atomic E-state index is 13.8. The highest BCUT2D eigenvalue weighted by atomic mass is 35.5. The van der Waals surface area contributed by atoms with Gasteiger partial charge in [-0.15, -0.1) is 11.8 Å². The first-order valence-electron chi connectivity index (χ1n) is 12.9. The van der Waals surface area contributed by atoms with Gasteiger partial charge in [-0.05, 0) is 29.8 Å². The van der Waals surface area contributed by atoms with Gasteiger partial charge in [0.05, 0.1) is 48.2 Å². The zero-order valence-electron chi connectivity index (χ0n) is 23.6. The Morgan fingerprint density at radius 3 is 2.50 bits per heavy atom. The van der Waals surface area contributed by atoms with E-state index in [9.17, 15) is 9.59 Å². The average Bonchev–Trinajstić information content (AvgIpc) is 3.26. The Balaban J connectivity index is 1.98. The van der Waals surface area contributed by atoms with E-state index in [1.165, 1.54) is 16.7 Å². The van der Waals surface area contributed by atoms with Crippen molar-refractivity contribution >= 4 is 41.0 Å². The van der Waals surface area contributed by atoms with Crippen LogP contribution in [0.25, 0.3) is 5.69 Å². The van der Waals surface area contributed by atoms with Gasteiger partial charge in [-0.25, -0.2) is 4.68 Å². The highest BCUT2D eigenvalue weighted by molar-refractivity contribution is 8.00. The number of thioether (sulfide) groups is 1. The Hall–Kier alpha value is -3.21. The van der Waals surface area contributed by atoms with E-state index in [2.05, 4.69) is 26.1 Å². The minimum Gasteiger partial charge on any atom is -0.493 e. The van der Waals surface area contributed by atoms with E-state index in [0.29, 0.717) is 41.2 Å². The number of hydrogen-bond donors (Lipinski definition) is 1. The van der Waals surface area contributed by atoms with E-state index >= 15 is 0 Å². The SMILES string of the molecule is COCCNC(=O)CN1C(=O)CS[C@H](c2ccc(OC)c(OC)c2)c2c(C(C)(C)C)nn(-c3ccccc3Cl)c21. The first-order chi connectivity index (χ1) is 19.1. The van der Waals surface area contributed by atoms with E-state index < -0.39 is 5.41 Å². The molecule has 1 atom stereocenters. The van der Waals surface area contributed by atoms with Crippen LogP contribution in [-0.4, -0.2) is 68.4 Å². The maximum absolute atomic E-state index is 13.8. The molecule has 1 aromatic heterocycles. The van der Waals surface area contributed by atoms with E-state index in [1.54, 1.807) is 32.1 Å². The molecule has 0 bridgehead atoms. The fourth-order valence-corrected chi connectivity index (χ4v) is 6.04. The van der Waals surface area contributed by atoms with Gasteiger partial charge in [-0.1, -0.05) is 50.6 Å². The molecule has 3 aromatic rings. The number of methoxy groups -OCH3 is 3. The Bertz CT molecular complexity index is 1390. The third kappa shape index (κ3) is 6.09. The Morgan fingerprint density at radius 1 is 1.12 bits per heavy atom. The lowest BCUT2D eigenvalue weighted by atomic mass is 9.87. The number of carbonyl (C=O) groups excluding carboxylic acids is 2. The Labute approximate surface area is 244 Å². The molecule has 1 aliphatic heterocycles. The number of hydrogen-bond acceptors (Lipinski definition) is 7. The second-order valence-electron chi connectivity index (χ2n) is 10.3. The lowest BCUT2D eigenvalue weighted by Gasteiger charge is -2.25. The quantitative estimate of drug-likeness (QED) is 0.361. The second-order valence-corrected chi connectivity index (χ2v) is 11.8. The van der Waals surface area contributed by atoms with Crippen molar-refractivity contribution in [3.8, 4) is 17.2 Å². The summed E-state index contributed by atoms with van der Waals surface area (Å²) in [7, 11) is 4.75. The van der Waals surface area contributed by atoms with Gasteiger partial charge < -0.3 is 19.5 Å². The highest BCUT2D eigenvalue weighted by Crippen LogP contribution is 2.49. The number of aromatic nitrogens is 2. The summed E-state index contributed by atoms with van der Waals surface area (Å²) < 4.78 is 17.8. The monoisotopic (exact) mass is 586 g/mol. The molecule has 4 rings (SSSR count). The molecule has 0 spiro atoms. The van der Waals surface area contributed by atoms with Gasteiger partial charge in [-0.3, -0.25) is 14.5 Å². The van der Waals surface area contributed by atoms with Crippen LogP contribution in [-0.2, 0) is 19.7 Å². The average molecular weight is 587 g/mol. The number of anilines is 1. The number of nitrogens with one attached hydrogen (secondary N) is 1. The summed E-state index contributed by atoms with van der Waals surface area (Å²) in [5.74, 6) is 1.38. The van der Waals surface area contributed by atoms with Crippen LogP contribution < -0.4 is 19.7 Å². The van der Waals surface area contributed by atoms with Crippen molar-refractivity contribution in [1.29, 1.82) is 0 Å². The summed E-state index contributed by atoms with van der Waals surface area (Å²) in [4.78, 5) is 28.3. The molecule has 1 aliphatic rings. The van der Waals surface area contributed by atoms with Crippen molar-refractivity contribution in [2.24, 2.45) is 0 Å². The van der Waals surface area contributed by atoms with Gasteiger partial charge in [-0.2, -0.15) is 5.10 Å². The lowest BCUT2D eigenvalue weighted by Crippen LogP contribution is -2.43. The van der Waals surface area contributed by atoms with Gasteiger partial charge in [0.25, 0.3) is 0 Å². The van der Waals surface area contributed by atoms with Crippen LogP contribution in [0.5, 0.6) is 11.5 Å². The van der Waals surface area contributed by atoms with Crippen molar-refractivity contribution in [1.82, 2.24) is 15.1 Å². The van der Waals surface area contributed by atoms with Crippen molar-refractivity contribution < 1.29 is 23.8 Å². The largest absolute Gasteiger partial charge is 0.493 e. The predicted molar refractivity (Wildman–Crippen MR) is 158 cm³/mol. The predicted octanol–water partition coefficient (Wildman–Crippen LogP) is 4.77. The van der Waals surface area contributed by atoms with Crippen LogP contribution in [0.1, 0.15) is 42.8 Å². The molecule has 1 N–H and O–H groups in total. The molecule has 0 unspecified atom stereocenters. The third-order valence-electron chi connectivity index (χ3n) is 6.52. The molecule has 0 aliphatic carbocycles. The van der Waals surface area contributed by atoms with Crippen molar-refractivity contribution in [3.63, 3.8) is 0 Å². The molecule has 2 amide bonds. The van der Waals surface area contributed by atoms with Gasteiger partial charge in [0.2, 0.25) is 11.8 Å². The number of halogens is 1. The molecule has 2 aromatic carbocycles. The standard InChI is InChI=1S/C29H35ClN4O5S/c1-29(2,3)27-25-26(18-11-12-21(38-5)22(15-18)39-6)40-17-24(36)33(16-23(35)31-13-14-37-4)28(25)34(32-27)20-10-8-7-9-19(20)30/h7-12,15,26H,13-14,16-17H2,1-6H3,(H,31,35)/t26-/m1/s1. The van der Waals surface area contributed by atoms with Crippen LogP contribution in [0.15, 0.2) is 42.5 Å². The Kier molecular flexibility index (Phi) is 9.33. The summed E-state index contributed by atoms with van der Waals surface area (Å²) in [6, 6.07) is 13.1. The van der Waals surface area contributed by atoms with Crippen molar-refractivity contribution in [2.75, 3.05) is 51.7 Å². The molecule has 40 heavy (non-hydrogen) atoms. The molecule has 2 heterocycles. The highest BCUT2D eigenvalue weighted by Gasteiger charge is 2.40. The molecule has 0 fully saturated rings. The van der Waals surface area contributed by atoms with E-state index in [-0.39, 0.29) is 29.4 Å². The summed E-state index contributed by atoms with van der Waals surface area (Å²) >= 11 is 8.16. The number of carbonyl (C=O) groups is 2. The van der Waals surface area contributed by atoms with Crippen molar-refractivity contribution in [2.45, 2.75) is 31.4 Å². The molecule has 0 saturated heterocycles. The normalized spacial score (nSPS) is 15.4. The second kappa shape index (κ2) is 12.5. The Morgan fingerprint density at radius 2 is 1.85 bits per heavy atom. The van der Waals surface area contributed by atoms with Gasteiger partial charge in [0.15, 0.2) is 11.5 Å². The molecule has 9 nitrogen and oxygen atoms in total. The minimum absolute atomic E-state index is 0.158. The summed E-state index contributed by atoms with van der Waals surface area (Å²) in [6.45, 7) is 6.78. The third-order valence-corrected chi connectivity index (χ3v) is 8.09. The zero-order valence-corrected chi connectivity index (χ0v) is 25.2. The fourth-order valence-electron chi connectivity index (χ4n) is 4.64. The number of ether oxygens (including phenoxy) is 3. The number of para-hydroxylation sites is 1. The molecule has 214 valence electrons. The van der Waals surface area contributed by atoms with Gasteiger partial charge in [0.1, 0.15) is 12.4 Å². The first kappa shape index (κ1) is 29.8. The number of amides is 2. The van der Waals surface area contributed by atoms with Crippen LogP contribution in [0.2, 0.25) is 5.02 Å². The molecule has 11 heteroatoms. The van der Waals surface area contributed by atoms with Crippen molar-refractivity contribution in [3.05, 3.63) is 64.3 Å². The van der Waals surface area contributed by atoms with E-state index in [1.807, 2.05) is 36.4 Å². The van der Waals surface area contributed by atoms with E-state index in [0.717, 1.165) is 16.8 Å². The number of nitrogens with zero attached hydrogens (tertiary/aromatic N) is 3. The zero-order chi connectivity index (χ0) is 29.0. The van der Waals surface area contributed by atoms with Crippen LogP contribution >= 0.6 is 23.4 Å². The fraction of sp³-hybridized carbons (Fsp3) is 0.414. The topological polar surface area (TPSA) is 94.9 Å². The van der Waals surface area contributed by atoms with Gasteiger partial charge >= 0.3 is 0 Å². The number of benzene rings is 2. The summed E-state index contributed by atoms with van der Waals surface area (Å²) in [5, 5.41) is 8.09. The van der Waals surface area contributed by atoms with Crippen LogP contribution in [0.4, 0.5) is 5.82 Å². The molecule has 0 saturated carbocycles. The maximum Gasteiger partial charge on any atom is 0.240 e. The smallest absolute Gasteiger partial charge is 0.240 e. The van der Waals surface area contributed by atoms with E-state index in [4.69, 9.17) is 30.9 Å². The summed E-state index contributed by atoms with van der Waals surface area (Å²) in [6.07, 6.45) is 0. The number of rotatable bonds is 9. The minimum atomic E-state index is -0.397. The molecular formula is C29H35ClN4O5S. The molecule has 0 radical (unpaired) electrons. The first-order valence-corrected chi connectivity index (χ1v) is 14.3. The van der Waals surface area contributed by atoms with Crippen LogP contribution in [0, 0.1) is 0 Å². The van der Waals surface area contributed by atoms with Gasteiger partial charge in [0, 0.05) is 24.6 Å². The summed E-state index contributed by atoms with van der Waals surface area (Å²) in [5.41, 5.74) is 2.79.